The van der Waals surface area contributed by atoms with Crippen LogP contribution in [0.15, 0.2) is 59.2 Å². The van der Waals surface area contributed by atoms with Gasteiger partial charge < -0.3 is 10.3 Å². The molecule has 1 fully saturated rings. The van der Waals surface area contributed by atoms with E-state index in [9.17, 15) is 9.59 Å². The number of nitrogens with one attached hydrogen (secondary N) is 2. The topological polar surface area (TPSA) is 65.2 Å². The second-order valence-corrected chi connectivity index (χ2v) is 7.28. The normalized spacial score (nSPS) is 17.4. The molecular formula is C20H18BrN3O2. The number of carbonyl (C=O) groups excluding carboxylic acids is 2. The van der Waals surface area contributed by atoms with E-state index in [4.69, 9.17) is 0 Å². The summed E-state index contributed by atoms with van der Waals surface area (Å²) in [6.07, 6.45) is 2.99. The van der Waals surface area contributed by atoms with E-state index in [1.54, 1.807) is 12.1 Å². The Hall–Kier alpha value is -2.44. The zero-order valence-electron chi connectivity index (χ0n) is 14.0. The minimum atomic E-state index is -0.462. The Morgan fingerprint density at radius 3 is 2.69 bits per heavy atom. The van der Waals surface area contributed by atoms with E-state index >= 15 is 0 Å². The number of rotatable bonds is 5. The SMILES string of the molecule is O=C1C[C@H](NCCc2c[nH]c3ccccc23)C(=O)N1c1ccc(Br)cc1. The van der Waals surface area contributed by atoms with Crippen LogP contribution in [0.2, 0.25) is 0 Å². The second kappa shape index (κ2) is 7.05. The summed E-state index contributed by atoms with van der Waals surface area (Å²) in [6.45, 7) is 0.639. The summed E-state index contributed by atoms with van der Waals surface area (Å²) in [6, 6.07) is 14.9. The second-order valence-electron chi connectivity index (χ2n) is 6.36. The lowest BCUT2D eigenvalue weighted by molar-refractivity contribution is -0.121. The zero-order valence-corrected chi connectivity index (χ0v) is 15.6. The molecule has 2 heterocycles. The Balaban J connectivity index is 1.40. The molecule has 0 radical (unpaired) electrons. The van der Waals surface area contributed by atoms with E-state index < -0.39 is 6.04 Å². The number of aromatic amines is 1. The summed E-state index contributed by atoms with van der Waals surface area (Å²) in [5.74, 6) is -0.349. The number of aromatic nitrogens is 1. The molecule has 4 rings (SSSR count). The first kappa shape index (κ1) is 17.0. The fourth-order valence-corrected chi connectivity index (χ4v) is 3.64. The van der Waals surface area contributed by atoms with Gasteiger partial charge in [-0.05, 0) is 42.3 Å². The number of hydrogen-bond acceptors (Lipinski definition) is 3. The van der Waals surface area contributed by atoms with Gasteiger partial charge in [-0.25, -0.2) is 4.90 Å². The van der Waals surface area contributed by atoms with Crippen LogP contribution in [0.25, 0.3) is 10.9 Å². The van der Waals surface area contributed by atoms with Gasteiger partial charge in [0.15, 0.2) is 0 Å². The Morgan fingerprint density at radius 1 is 1.12 bits per heavy atom. The van der Waals surface area contributed by atoms with Crippen molar-refractivity contribution in [3.8, 4) is 0 Å². The van der Waals surface area contributed by atoms with Crippen LogP contribution in [0.4, 0.5) is 5.69 Å². The fourth-order valence-electron chi connectivity index (χ4n) is 3.37. The first-order chi connectivity index (χ1) is 12.6. The number of para-hydroxylation sites is 1. The van der Waals surface area contributed by atoms with Crippen molar-refractivity contribution in [1.29, 1.82) is 0 Å². The predicted octanol–water partition coefficient (Wildman–Crippen LogP) is 3.39. The average Bonchev–Trinajstić information content (AvgIpc) is 3.17. The quantitative estimate of drug-likeness (QED) is 0.632. The van der Waals surface area contributed by atoms with Crippen LogP contribution < -0.4 is 10.2 Å². The lowest BCUT2D eigenvalue weighted by Gasteiger charge is -2.15. The number of halogens is 1. The Kier molecular flexibility index (Phi) is 4.61. The van der Waals surface area contributed by atoms with Crippen LogP contribution >= 0.6 is 15.9 Å². The van der Waals surface area contributed by atoms with Gasteiger partial charge in [0.2, 0.25) is 5.91 Å². The molecule has 132 valence electrons. The van der Waals surface area contributed by atoms with E-state index in [-0.39, 0.29) is 18.2 Å². The van der Waals surface area contributed by atoms with Gasteiger partial charge in [-0.15, -0.1) is 0 Å². The first-order valence-electron chi connectivity index (χ1n) is 8.54. The molecule has 2 amide bonds. The van der Waals surface area contributed by atoms with Gasteiger partial charge in [-0.3, -0.25) is 9.59 Å². The largest absolute Gasteiger partial charge is 0.361 e. The molecule has 5 nitrogen and oxygen atoms in total. The third kappa shape index (κ3) is 3.18. The molecule has 1 aliphatic rings. The minimum Gasteiger partial charge on any atom is -0.361 e. The monoisotopic (exact) mass is 411 g/mol. The van der Waals surface area contributed by atoms with E-state index in [1.165, 1.54) is 15.8 Å². The summed E-state index contributed by atoms with van der Waals surface area (Å²) in [7, 11) is 0. The number of benzene rings is 2. The van der Waals surface area contributed by atoms with E-state index in [2.05, 4.69) is 32.3 Å². The van der Waals surface area contributed by atoms with Crippen molar-refractivity contribution in [3.63, 3.8) is 0 Å². The highest BCUT2D eigenvalue weighted by molar-refractivity contribution is 9.10. The van der Waals surface area contributed by atoms with E-state index in [1.807, 2.05) is 36.5 Å². The van der Waals surface area contributed by atoms with Crippen LogP contribution in [-0.4, -0.2) is 29.4 Å². The number of anilines is 1. The molecule has 0 saturated carbocycles. The van der Waals surface area contributed by atoms with Crippen molar-refractivity contribution < 1.29 is 9.59 Å². The lowest BCUT2D eigenvalue weighted by Crippen LogP contribution is -2.39. The molecule has 0 unspecified atom stereocenters. The molecular weight excluding hydrogens is 394 g/mol. The van der Waals surface area contributed by atoms with Gasteiger partial charge >= 0.3 is 0 Å². The van der Waals surface area contributed by atoms with Gasteiger partial charge in [-0.1, -0.05) is 34.1 Å². The Labute approximate surface area is 159 Å². The highest BCUT2D eigenvalue weighted by atomic mass is 79.9. The number of imide groups is 1. The minimum absolute atomic E-state index is 0.165. The summed E-state index contributed by atoms with van der Waals surface area (Å²) in [5.41, 5.74) is 2.93. The number of fused-ring (bicyclic) bond motifs is 1. The molecule has 0 aliphatic carbocycles. The summed E-state index contributed by atoms with van der Waals surface area (Å²) in [5, 5.41) is 4.43. The Bertz CT molecular complexity index is 965. The number of hydrogen-bond donors (Lipinski definition) is 2. The predicted molar refractivity (Wildman–Crippen MR) is 105 cm³/mol. The Morgan fingerprint density at radius 2 is 1.88 bits per heavy atom. The third-order valence-corrected chi connectivity index (χ3v) is 5.22. The van der Waals surface area contributed by atoms with Crippen molar-refractivity contribution in [2.24, 2.45) is 0 Å². The van der Waals surface area contributed by atoms with Crippen molar-refractivity contribution >= 4 is 44.3 Å². The molecule has 0 spiro atoms. The van der Waals surface area contributed by atoms with Gasteiger partial charge in [0.1, 0.15) is 0 Å². The molecule has 1 aromatic heterocycles. The van der Waals surface area contributed by atoms with Crippen LogP contribution in [0, 0.1) is 0 Å². The first-order valence-corrected chi connectivity index (χ1v) is 9.33. The van der Waals surface area contributed by atoms with Crippen molar-refractivity contribution in [2.45, 2.75) is 18.9 Å². The summed E-state index contributed by atoms with van der Waals surface area (Å²) < 4.78 is 0.911. The van der Waals surface area contributed by atoms with E-state index in [0.717, 1.165) is 16.4 Å². The molecule has 2 N–H and O–H groups in total. The molecule has 3 aromatic rings. The third-order valence-electron chi connectivity index (χ3n) is 4.69. The maximum absolute atomic E-state index is 12.6. The number of carbonyl (C=O) groups is 2. The van der Waals surface area contributed by atoms with Gasteiger partial charge in [0.25, 0.3) is 5.91 Å². The number of nitrogens with zero attached hydrogens (tertiary/aromatic N) is 1. The average molecular weight is 412 g/mol. The molecule has 1 saturated heterocycles. The standard InChI is InChI=1S/C20H18BrN3O2/c21-14-5-7-15(8-6-14)24-19(25)11-18(20(24)26)22-10-9-13-12-23-17-4-2-1-3-16(13)17/h1-8,12,18,22-23H,9-11H2/t18-/m0/s1. The number of H-pyrrole nitrogens is 1. The van der Waals surface area contributed by atoms with Crippen LogP contribution in [0.1, 0.15) is 12.0 Å². The van der Waals surface area contributed by atoms with Crippen LogP contribution in [0.5, 0.6) is 0 Å². The van der Waals surface area contributed by atoms with Crippen molar-refractivity contribution in [2.75, 3.05) is 11.4 Å². The highest BCUT2D eigenvalue weighted by Crippen LogP contribution is 2.25. The number of amides is 2. The molecule has 1 atom stereocenters. The maximum atomic E-state index is 12.6. The molecule has 2 aromatic carbocycles. The molecule has 0 bridgehead atoms. The van der Waals surface area contributed by atoms with Gasteiger partial charge in [-0.2, -0.15) is 0 Å². The molecule has 6 heteroatoms. The van der Waals surface area contributed by atoms with Gasteiger partial charge in [0.05, 0.1) is 18.2 Å². The zero-order chi connectivity index (χ0) is 18.1. The summed E-state index contributed by atoms with van der Waals surface area (Å²) >= 11 is 3.36. The van der Waals surface area contributed by atoms with Crippen molar-refractivity contribution in [3.05, 3.63) is 64.8 Å². The highest BCUT2D eigenvalue weighted by Gasteiger charge is 2.39. The van der Waals surface area contributed by atoms with Crippen molar-refractivity contribution in [1.82, 2.24) is 10.3 Å². The van der Waals surface area contributed by atoms with Crippen LogP contribution in [-0.2, 0) is 16.0 Å². The van der Waals surface area contributed by atoms with Crippen LogP contribution in [0.3, 0.4) is 0 Å². The lowest BCUT2D eigenvalue weighted by atomic mass is 10.1. The van der Waals surface area contributed by atoms with E-state index in [0.29, 0.717) is 12.2 Å². The molecule has 26 heavy (non-hydrogen) atoms. The maximum Gasteiger partial charge on any atom is 0.251 e. The fraction of sp³-hybridized carbons (Fsp3) is 0.200. The smallest absolute Gasteiger partial charge is 0.251 e. The van der Waals surface area contributed by atoms with Gasteiger partial charge in [0, 0.05) is 28.1 Å². The molecule has 1 aliphatic heterocycles. The summed E-state index contributed by atoms with van der Waals surface area (Å²) in [4.78, 5) is 29.5.